The molecule has 0 bridgehead atoms. The third-order valence-electron chi connectivity index (χ3n) is 7.05. The van der Waals surface area contributed by atoms with Gasteiger partial charge < -0.3 is 14.3 Å². The lowest BCUT2D eigenvalue weighted by atomic mass is 9.95. The van der Waals surface area contributed by atoms with Gasteiger partial charge in [0.25, 0.3) is 5.91 Å². The number of hydrogen-bond acceptors (Lipinski definition) is 4. The second kappa shape index (κ2) is 6.95. The number of hydrogen-bond donors (Lipinski definition) is 0. The number of carbonyl (C=O) groups excluding carboxylic acids is 2. The maximum atomic E-state index is 13.4. The highest BCUT2D eigenvalue weighted by Gasteiger charge is 2.43. The first-order chi connectivity index (χ1) is 13.2. The SMILES string of the molecule is O=C([C@@H]1CCCN1C(=O)c1cc(C2CC2)on1)N1CCCC1C1CCCC1. The molecule has 27 heavy (non-hydrogen) atoms. The summed E-state index contributed by atoms with van der Waals surface area (Å²) in [6.45, 7) is 1.50. The molecule has 2 saturated heterocycles. The topological polar surface area (TPSA) is 66.7 Å². The first-order valence-corrected chi connectivity index (χ1v) is 10.8. The molecule has 0 N–H and O–H groups in total. The molecule has 2 saturated carbocycles. The van der Waals surface area contributed by atoms with Crippen LogP contribution in [-0.4, -0.2) is 51.9 Å². The Kier molecular flexibility index (Phi) is 4.44. The summed E-state index contributed by atoms with van der Waals surface area (Å²) in [5, 5.41) is 4.00. The van der Waals surface area contributed by atoms with E-state index in [-0.39, 0.29) is 17.9 Å². The number of carbonyl (C=O) groups is 2. The fourth-order valence-electron chi connectivity index (χ4n) is 5.45. The number of likely N-dealkylation sites (tertiary alicyclic amines) is 2. The molecule has 2 atom stereocenters. The van der Waals surface area contributed by atoms with Crippen molar-refractivity contribution in [3.8, 4) is 0 Å². The molecular weight excluding hydrogens is 342 g/mol. The van der Waals surface area contributed by atoms with Gasteiger partial charge in [-0.1, -0.05) is 18.0 Å². The molecule has 6 heteroatoms. The smallest absolute Gasteiger partial charge is 0.276 e. The summed E-state index contributed by atoms with van der Waals surface area (Å²) >= 11 is 0. The Bertz CT molecular complexity index is 720. The predicted octanol–water partition coefficient (Wildman–Crippen LogP) is 3.34. The minimum atomic E-state index is -0.319. The molecule has 0 spiro atoms. The molecule has 0 aromatic carbocycles. The minimum absolute atomic E-state index is 0.141. The highest BCUT2D eigenvalue weighted by Crippen LogP contribution is 2.40. The number of aromatic nitrogens is 1. The summed E-state index contributed by atoms with van der Waals surface area (Å²) in [5.74, 6) is 1.95. The van der Waals surface area contributed by atoms with Crippen LogP contribution in [0.1, 0.15) is 86.4 Å². The molecule has 4 fully saturated rings. The van der Waals surface area contributed by atoms with Crippen molar-refractivity contribution in [2.24, 2.45) is 5.92 Å². The minimum Gasteiger partial charge on any atom is -0.360 e. The maximum Gasteiger partial charge on any atom is 0.276 e. The van der Waals surface area contributed by atoms with Crippen molar-refractivity contribution in [3.05, 3.63) is 17.5 Å². The third-order valence-corrected chi connectivity index (χ3v) is 7.05. The van der Waals surface area contributed by atoms with Crippen molar-refractivity contribution in [2.45, 2.75) is 82.2 Å². The Balaban J connectivity index is 1.30. The van der Waals surface area contributed by atoms with Gasteiger partial charge in [-0.15, -0.1) is 0 Å². The van der Waals surface area contributed by atoms with Gasteiger partial charge in [-0.3, -0.25) is 9.59 Å². The Morgan fingerprint density at radius 2 is 1.67 bits per heavy atom. The van der Waals surface area contributed by atoms with E-state index in [1.165, 1.54) is 25.7 Å². The standard InChI is InChI=1S/C21H29N3O3/c25-20(16-13-19(27-22-16)15-9-10-15)24-12-4-8-18(24)21(26)23-11-3-7-17(23)14-5-1-2-6-14/h13-15,17-18H,1-12H2/t17?,18-/m0/s1. The van der Waals surface area contributed by atoms with Crippen LogP contribution in [0.2, 0.25) is 0 Å². The average Bonchev–Trinajstić information content (AvgIpc) is 3.23. The zero-order valence-corrected chi connectivity index (χ0v) is 15.9. The molecular formula is C21H29N3O3. The lowest BCUT2D eigenvalue weighted by Crippen LogP contribution is -2.50. The van der Waals surface area contributed by atoms with E-state index < -0.39 is 0 Å². The van der Waals surface area contributed by atoms with Crippen LogP contribution < -0.4 is 0 Å². The Morgan fingerprint density at radius 3 is 2.44 bits per heavy atom. The van der Waals surface area contributed by atoms with E-state index in [0.29, 0.717) is 30.1 Å². The van der Waals surface area contributed by atoms with E-state index in [1.54, 1.807) is 11.0 Å². The molecule has 2 amide bonds. The largest absolute Gasteiger partial charge is 0.360 e. The van der Waals surface area contributed by atoms with Crippen LogP contribution in [-0.2, 0) is 4.79 Å². The van der Waals surface area contributed by atoms with Crippen LogP contribution in [0, 0.1) is 5.92 Å². The van der Waals surface area contributed by atoms with E-state index in [9.17, 15) is 9.59 Å². The number of amides is 2. The van der Waals surface area contributed by atoms with Gasteiger partial charge >= 0.3 is 0 Å². The quantitative estimate of drug-likeness (QED) is 0.814. The summed E-state index contributed by atoms with van der Waals surface area (Å²) in [6, 6.07) is 1.86. The summed E-state index contributed by atoms with van der Waals surface area (Å²) in [5.41, 5.74) is 0.366. The highest BCUT2D eigenvalue weighted by molar-refractivity contribution is 5.96. The van der Waals surface area contributed by atoms with Crippen molar-refractivity contribution in [1.29, 1.82) is 0 Å². The molecule has 1 aromatic heterocycles. The second-order valence-electron chi connectivity index (χ2n) is 8.83. The van der Waals surface area contributed by atoms with Crippen molar-refractivity contribution >= 4 is 11.8 Å². The first-order valence-electron chi connectivity index (χ1n) is 10.8. The summed E-state index contributed by atoms with van der Waals surface area (Å²) in [6.07, 6.45) is 11.2. The van der Waals surface area contributed by atoms with Crippen LogP contribution in [0.4, 0.5) is 0 Å². The zero-order chi connectivity index (χ0) is 18.4. The number of rotatable bonds is 4. The van der Waals surface area contributed by atoms with Crippen LogP contribution in [0.15, 0.2) is 10.6 Å². The van der Waals surface area contributed by atoms with Gasteiger partial charge in [-0.05, 0) is 57.3 Å². The molecule has 6 nitrogen and oxygen atoms in total. The molecule has 3 heterocycles. The first kappa shape index (κ1) is 17.3. The Morgan fingerprint density at radius 1 is 0.926 bits per heavy atom. The molecule has 1 aromatic rings. The summed E-state index contributed by atoms with van der Waals surface area (Å²) in [4.78, 5) is 30.2. The van der Waals surface area contributed by atoms with E-state index in [4.69, 9.17) is 4.52 Å². The Labute approximate surface area is 160 Å². The molecule has 1 unspecified atom stereocenters. The van der Waals surface area contributed by atoms with Gasteiger partial charge in [-0.2, -0.15) is 0 Å². The fourth-order valence-corrected chi connectivity index (χ4v) is 5.45. The van der Waals surface area contributed by atoms with Gasteiger partial charge in [0.1, 0.15) is 11.8 Å². The molecule has 2 aliphatic carbocycles. The van der Waals surface area contributed by atoms with Gasteiger partial charge in [0.15, 0.2) is 5.69 Å². The lowest BCUT2D eigenvalue weighted by molar-refractivity contribution is -0.137. The number of nitrogens with zero attached hydrogens (tertiary/aromatic N) is 3. The second-order valence-corrected chi connectivity index (χ2v) is 8.83. The van der Waals surface area contributed by atoms with E-state index in [0.717, 1.165) is 50.8 Å². The molecule has 5 rings (SSSR count). The van der Waals surface area contributed by atoms with E-state index in [1.807, 2.05) is 0 Å². The average molecular weight is 371 g/mol. The van der Waals surface area contributed by atoms with Crippen LogP contribution in [0.25, 0.3) is 0 Å². The monoisotopic (exact) mass is 371 g/mol. The van der Waals surface area contributed by atoms with Crippen LogP contribution in [0.3, 0.4) is 0 Å². The molecule has 146 valence electrons. The normalized spacial score (nSPS) is 29.0. The highest BCUT2D eigenvalue weighted by atomic mass is 16.5. The van der Waals surface area contributed by atoms with Crippen LogP contribution in [0.5, 0.6) is 0 Å². The van der Waals surface area contributed by atoms with Crippen molar-refractivity contribution < 1.29 is 14.1 Å². The van der Waals surface area contributed by atoms with Gasteiger partial charge in [0.2, 0.25) is 5.91 Å². The van der Waals surface area contributed by atoms with E-state index >= 15 is 0 Å². The third kappa shape index (κ3) is 3.17. The molecule has 2 aliphatic heterocycles. The predicted molar refractivity (Wildman–Crippen MR) is 99.2 cm³/mol. The van der Waals surface area contributed by atoms with Crippen molar-refractivity contribution in [1.82, 2.24) is 15.0 Å². The zero-order valence-electron chi connectivity index (χ0n) is 15.9. The Hall–Kier alpha value is -1.85. The van der Waals surface area contributed by atoms with Crippen molar-refractivity contribution in [3.63, 3.8) is 0 Å². The van der Waals surface area contributed by atoms with Gasteiger partial charge in [-0.25, -0.2) is 0 Å². The van der Waals surface area contributed by atoms with Crippen LogP contribution >= 0.6 is 0 Å². The maximum absolute atomic E-state index is 13.4. The van der Waals surface area contributed by atoms with Gasteiger partial charge in [0.05, 0.1) is 0 Å². The summed E-state index contributed by atoms with van der Waals surface area (Å²) < 4.78 is 5.36. The van der Waals surface area contributed by atoms with Crippen molar-refractivity contribution in [2.75, 3.05) is 13.1 Å². The lowest BCUT2D eigenvalue weighted by Gasteiger charge is -2.33. The van der Waals surface area contributed by atoms with E-state index in [2.05, 4.69) is 10.1 Å². The van der Waals surface area contributed by atoms with Gasteiger partial charge in [0, 0.05) is 31.1 Å². The molecule has 4 aliphatic rings. The summed E-state index contributed by atoms with van der Waals surface area (Å²) in [7, 11) is 0. The fraction of sp³-hybridized carbons (Fsp3) is 0.762. The molecule has 0 radical (unpaired) electrons.